The highest BCUT2D eigenvalue weighted by molar-refractivity contribution is 14.1. The van der Waals surface area contributed by atoms with E-state index in [4.69, 9.17) is 21.1 Å². The molecule has 2 aliphatic rings. The zero-order chi connectivity index (χ0) is 27.2. The number of fused-ring (bicyclic) bond motifs is 2. The summed E-state index contributed by atoms with van der Waals surface area (Å²) < 4.78 is 13.4. The fraction of sp³-hybridized carbons (Fsp3) is 0.367. The SMILES string of the molecule is COc1ccc([Si](C)(C)[C@H]2[C@H](CCO)O[C@@]3(C(=O)N(Cc4ccc(I)cc4)c4ccc(Cl)cc43)[C@@H]2C)cc1. The summed E-state index contributed by atoms with van der Waals surface area (Å²) in [6, 6.07) is 22.2. The standard InChI is InChI=1S/C30H33ClINO4Si/c1-19-28(38(3,4)24-12-10-23(36-2)11-13-24)27(15-16-34)37-30(19)25-17-21(31)7-14-26(25)33(29(30)35)18-20-5-8-22(32)9-6-20/h5-14,17,19,27-28,34H,15-16,18H2,1-4H3/t19-,27+,28-,30+/m1/s1. The molecule has 2 aliphatic heterocycles. The zero-order valence-electron chi connectivity index (χ0n) is 22.1. The molecule has 0 aliphatic carbocycles. The second kappa shape index (κ2) is 10.6. The molecule has 3 aromatic rings. The van der Waals surface area contributed by atoms with Gasteiger partial charge in [-0.3, -0.25) is 4.79 Å². The first kappa shape index (κ1) is 27.6. The maximum absolute atomic E-state index is 14.5. The van der Waals surface area contributed by atoms with E-state index in [1.807, 2.05) is 35.2 Å². The van der Waals surface area contributed by atoms with E-state index < -0.39 is 13.7 Å². The number of amides is 1. The van der Waals surface area contributed by atoms with Crippen molar-refractivity contribution in [1.29, 1.82) is 0 Å². The quantitative estimate of drug-likeness (QED) is 0.246. The Morgan fingerprint density at radius 2 is 1.79 bits per heavy atom. The topological polar surface area (TPSA) is 59.0 Å². The first-order valence-electron chi connectivity index (χ1n) is 12.9. The summed E-state index contributed by atoms with van der Waals surface area (Å²) in [7, 11) is -0.534. The number of aliphatic hydroxyl groups excluding tert-OH is 1. The van der Waals surface area contributed by atoms with Crippen molar-refractivity contribution in [2.45, 2.75) is 50.2 Å². The number of carbonyl (C=O) groups excluding carboxylic acids is 1. The van der Waals surface area contributed by atoms with Crippen LogP contribution in [0.5, 0.6) is 5.75 Å². The van der Waals surface area contributed by atoms with Crippen LogP contribution in [0.3, 0.4) is 0 Å². The summed E-state index contributed by atoms with van der Waals surface area (Å²) in [6.45, 7) is 7.28. The van der Waals surface area contributed by atoms with Crippen LogP contribution < -0.4 is 14.8 Å². The van der Waals surface area contributed by atoms with Crippen LogP contribution in [0, 0.1) is 9.49 Å². The molecule has 0 bridgehead atoms. The second-order valence-corrected chi connectivity index (χ2v) is 17.2. The van der Waals surface area contributed by atoms with Gasteiger partial charge in [0.2, 0.25) is 0 Å². The fourth-order valence-corrected chi connectivity index (χ4v) is 11.2. The predicted molar refractivity (Wildman–Crippen MR) is 163 cm³/mol. The van der Waals surface area contributed by atoms with E-state index in [0.29, 0.717) is 18.0 Å². The zero-order valence-corrected chi connectivity index (χ0v) is 26.0. The first-order chi connectivity index (χ1) is 18.1. The number of nitrogens with zero attached hydrogens (tertiary/aromatic N) is 1. The minimum Gasteiger partial charge on any atom is -0.497 e. The van der Waals surface area contributed by atoms with Gasteiger partial charge in [0.1, 0.15) is 5.75 Å². The van der Waals surface area contributed by atoms with Crippen LogP contribution in [0.2, 0.25) is 23.7 Å². The molecule has 0 aromatic heterocycles. The van der Waals surface area contributed by atoms with Gasteiger partial charge < -0.3 is 19.5 Å². The second-order valence-electron chi connectivity index (χ2n) is 10.8. The lowest BCUT2D eigenvalue weighted by atomic mass is 9.82. The lowest BCUT2D eigenvalue weighted by molar-refractivity contribution is -0.146. The number of hydrogen-bond acceptors (Lipinski definition) is 4. The lowest BCUT2D eigenvalue weighted by Gasteiger charge is -2.37. The maximum atomic E-state index is 14.5. The number of anilines is 1. The summed E-state index contributed by atoms with van der Waals surface area (Å²) >= 11 is 8.81. The van der Waals surface area contributed by atoms with Gasteiger partial charge in [-0.1, -0.05) is 61.1 Å². The molecule has 1 fully saturated rings. The molecule has 1 saturated heterocycles. The van der Waals surface area contributed by atoms with E-state index in [1.54, 1.807) is 7.11 Å². The Labute approximate surface area is 244 Å². The van der Waals surface area contributed by atoms with Crippen LogP contribution in [-0.4, -0.2) is 38.9 Å². The molecule has 38 heavy (non-hydrogen) atoms. The number of carbonyl (C=O) groups is 1. The third-order valence-corrected chi connectivity index (χ3v) is 13.8. The highest BCUT2D eigenvalue weighted by Gasteiger charge is 2.66. The molecule has 0 radical (unpaired) electrons. The van der Waals surface area contributed by atoms with Crippen LogP contribution in [0.15, 0.2) is 66.7 Å². The van der Waals surface area contributed by atoms with Crippen LogP contribution in [0.1, 0.15) is 24.5 Å². The molecular formula is C30H33ClINO4Si. The molecule has 200 valence electrons. The number of methoxy groups -OCH3 is 1. The molecule has 3 aromatic carbocycles. The number of rotatable bonds is 7. The maximum Gasteiger partial charge on any atom is 0.264 e. The number of halogens is 2. The Morgan fingerprint density at radius 1 is 1.11 bits per heavy atom. The van der Waals surface area contributed by atoms with E-state index in [9.17, 15) is 9.90 Å². The van der Waals surface area contributed by atoms with Gasteiger partial charge in [0.05, 0.1) is 33.5 Å². The van der Waals surface area contributed by atoms with Crippen molar-refractivity contribution < 1.29 is 19.4 Å². The Morgan fingerprint density at radius 3 is 2.42 bits per heavy atom. The van der Waals surface area contributed by atoms with Gasteiger partial charge in [-0.05, 0) is 82.6 Å². The molecule has 1 spiro atoms. The van der Waals surface area contributed by atoms with E-state index >= 15 is 0 Å². The summed E-state index contributed by atoms with van der Waals surface area (Å²) in [6.07, 6.45) is 0.219. The Bertz CT molecular complexity index is 1330. The van der Waals surface area contributed by atoms with Crippen molar-refractivity contribution in [2.24, 2.45) is 5.92 Å². The Kier molecular flexibility index (Phi) is 7.69. The molecule has 5 nitrogen and oxygen atoms in total. The van der Waals surface area contributed by atoms with Gasteiger partial charge in [0, 0.05) is 26.7 Å². The Hall–Kier alpha value is -1.91. The first-order valence-corrected chi connectivity index (χ1v) is 17.5. The van der Waals surface area contributed by atoms with Gasteiger partial charge in [0.25, 0.3) is 5.91 Å². The summed E-state index contributed by atoms with van der Waals surface area (Å²) in [4.78, 5) is 16.4. The molecule has 1 amide bonds. The minimum atomic E-state index is -2.20. The number of benzene rings is 3. The Balaban J connectivity index is 1.60. The van der Waals surface area contributed by atoms with Crippen molar-refractivity contribution >= 4 is 59.0 Å². The van der Waals surface area contributed by atoms with E-state index in [0.717, 1.165) is 26.1 Å². The van der Waals surface area contributed by atoms with Crippen molar-refractivity contribution in [3.8, 4) is 5.75 Å². The van der Waals surface area contributed by atoms with Crippen LogP contribution in [0.4, 0.5) is 5.69 Å². The molecule has 1 N–H and O–H groups in total. The summed E-state index contributed by atoms with van der Waals surface area (Å²) in [5.41, 5.74) is 1.68. The van der Waals surface area contributed by atoms with Crippen molar-refractivity contribution in [2.75, 3.05) is 18.6 Å². The van der Waals surface area contributed by atoms with Crippen molar-refractivity contribution in [3.05, 3.63) is 86.4 Å². The largest absolute Gasteiger partial charge is 0.497 e. The van der Waals surface area contributed by atoms with Gasteiger partial charge in [0.15, 0.2) is 5.60 Å². The van der Waals surface area contributed by atoms with Crippen molar-refractivity contribution in [1.82, 2.24) is 0 Å². The third-order valence-electron chi connectivity index (χ3n) is 8.47. The monoisotopic (exact) mass is 661 g/mol. The predicted octanol–water partition coefficient (Wildman–Crippen LogP) is 6.10. The van der Waals surface area contributed by atoms with Crippen LogP contribution >= 0.6 is 34.2 Å². The van der Waals surface area contributed by atoms with Gasteiger partial charge >= 0.3 is 0 Å². The number of aliphatic hydroxyl groups is 1. The molecule has 0 saturated carbocycles. The molecular weight excluding hydrogens is 629 g/mol. The summed E-state index contributed by atoms with van der Waals surface area (Å²) in [5.74, 6) is 0.651. The normalized spacial score (nSPS) is 24.8. The third kappa shape index (κ3) is 4.50. The van der Waals surface area contributed by atoms with Gasteiger partial charge in [-0.15, -0.1) is 0 Å². The average Bonchev–Trinajstić information content (AvgIpc) is 3.32. The summed E-state index contributed by atoms with van der Waals surface area (Å²) in [5, 5.41) is 11.9. The molecule has 0 unspecified atom stereocenters. The average molecular weight is 662 g/mol. The highest BCUT2D eigenvalue weighted by Crippen LogP contribution is 2.60. The van der Waals surface area contributed by atoms with E-state index in [2.05, 4.69) is 79.0 Å². The van der Waals surface area contributed by atoms with Gasteiger partial charge in [-0.25, -0.2) is 0 Å². The van der Waals surface area contributed by atoms with Gasteiger partial charge in [-0.2, -0.15) is 0 Å². The van der Waals surface area contributed by atoms with E-state index in [-0.39, 0.29) is 30.1 Å². The van der Waals surface area contributed by atoms with E-state index in [1.165, 1.54) is 5.19 Å². The highest BCUT2D eigenvalue weighted by atomic mass is 127. The minimum absolute atomic E-state index is 0.0000175. The smallest absolute Gasteiger partial charge is 0.264 e. The molecule has 4 atom stereocenters. The number of hydrogen-bond donors (Lipinski definition) is 1. The van der Waals surface area contributed by atoms with Crippen LogP contribution in [-0.2, 0) is 21.7 Å². The number of ether oxygens (including phenoxy) is 2. The lowest BCUT2D eigenvalue weighted by Crippen LogP contribution is -2.51. The molecule has 5 rings (SSSR count). The van der Waals surface area contributed by atoms with Crippen LogP contribution in [0.25, 0.3) is 0 Å². The fourth-order valence-electron chi connectivity index (χ4n) is 6.61. The molecule has 2 heterocycles. The van der Waals surface area contributed by atoms with Crippen molar-refractivity contribution in [3.63, 3.8) is 0 Å². The molecule has 8 heteroatoms.